The van der Waals surface area contributed by atoms with Crippen LogP contribution in [0.1, 0.15) is 62.8 Å². The number of methoxy groups -OCH3 is 1. The number of ether oxygens (including phenoxy) is 1. The Kier molecular flexibility index (Phi) is 8.85. The van der Waals surface area contributed by atoms with Gasteiger partial charge in [0.25, 0.3) is 0 Å². The van der Waals surface area contributed by atoms with Crippen molar-refractivity contribution in [2.45, 2.75) is 58.9 Å². The van der Waals surface area contributed by atoms with Gasteiger partial charge in [0, 0.05) is 55.8 Å². The molecule has 2 N–H and O–H groups in total. The van der Waals surface area contributed by atoms with Crippen LogP contribution in [0.4, 0.5) is 0 Å². The molecule has 4 aromatic rings. The van der Waals surface area contributed by atoms with Crippen molar-refractivity contribution in [1.82, 2.24) is 34.6 Å². The Hall–Kier alpha value is -3.31. The second kappa shape index (κ2) is 12.9. The van der Waals surface area contributed by atoms with E-state index in [2.05, 4.69) is 65.1 Å². The van der Waals surface area contributed by atoms with Gasteiger partial charge in [-0.2, -0.15) is 0 Å². The fourth-order valence-corrected chi connectivity index (χ4v) is 7.49. The summed E-state index contributed by atoms with van der Waals surface area (Å²) in [6.07, 6.45) is 10.9. The summed E-state index contributed by atoms with van der Waals surface area (Å²) in [7, 11) is 1.47. The van der Waals surface area contributed by atoms with Gasteiger partial charge in [0.15, 0.2) is 0 Å². The normalized spacial score (nSPS) is 17.4. The minimum absolute atomic E-state index is 0.276. The van der Waals surface area contributed by atoms with E-state index in [1.54, 1.807) is 12.4 Å². The first kappa shape index (κ1) is 28.8. The van der Waals surface area contributed by atoms with Gasteiger partial charge in [-0.25, -0.2) is 14.8 Å². The summed E-state index contributed by atoms with van der Waals surface area (Å²) in [5, 5.41) is 2.21. The van der Waals surface area contributed by atoms with Crippen LogP contribution in [0.15, 0.2) is 54.4 Å². The summed E-state index contributed by atoms with van der Waals surface area (Å²) in [6, 6.07) is 8.51. The van der Waals surface area contributed by atoms with E-state index in [0.717, 1.165) is 49.0 Å². The number of likely N-dealkylation sites (tertiary alicyclic amines) is 2. The van der Waals surface area contributed by atoms with Gasteiger partial charge in [0.2, 0.25) is 0 Å². The maximum absolute atomic E-state index is 13.0. The zero-order chi connectivity index (χ0) is 28.9. The second-order valence-corrected chi connectivity index (χ2v) is 13.0. The molecule has 2 aliphatic heterocycles. The van der Waals surface area contributed by atoms with Crippen LogP contribution in [-0.4, -0.2) is 73.9 Å². The number of piperidine rings is 1. The first-order valence-corrected chi connectivity index (χ1v) is 15.7. The number of carbonyl (C=O) groups is 1. The minimum atomic E-state index is -0.276. The summed E-state index contributed by atoms with van der Waals surface area (Å²) in [5.41, 5.74) is 4.57. The van der Waals surface area contributed by atoms with Crippen LogP contribution in [0.2, 0.25) is 0 Å². The van der Waals surface area contributed by atoms with Crippen molar-refractivity contribution in [2.24, 2.45) is 5.41 Å². The number of aromatic amines is 2. The van der Waals surface area contributed by atoms with Crippen LogP contribution in [-0.2, 0) is 37.5 Å². The number of carbonyl (C=O) groups excluding carboxylic acids is 1. The molecule has 0 amide bonds. The van der Waals surface area contributed by atoms with Gasteiger partial charge in [-0.15, -0.1) is 11.3 Å². The summed E-state index contributed by atoms with van der Waals surface area (Å²) in [5.74, 6) is 1.50. The molecule has 42 heavy (non-hydrogen) atoms. The van der Waals surface area contributed by atoms with Gasteiger partial charge in [-0.05, 0) is 85.4 Å². The molecule has 2 aliphatic rings. The third-order valence-electron chi connectivity index (χ3n) is 9.01. The molecule has 0 saturated carbocycles. The van der Waals surface area contributed by atoms with E-state index in [-0.39, 0.29) is 5.97 Å². The van der Waals surface area contributed by atoms with E-state index < -0.39 is 0 Å². The second-order valence-electron chi connectivity index (χ2n) is 12.0. The van der Waals surface area contributed by atoms with Crippen LogP contribution in [0, 0.1) is 12.3 Å². The smallest absolute Gasteiger partial charge is 0.338 e. The number of aryl methyl sites for hydroxylation is 1. The molecule has 3 aromatic heterocycles. The van der Waals surface area contributed by atoms with Crippen molar-refractivity contribution >= 4 is 17.3 Å². The van der Waals surface area contributed by atoms with Gasteiger partial charge >= 0.3 is 5.97 Å². The lowest BCUT2D eigenvalue weighted by molar-refractivity contribution is 0.0597. The van der Waals surface area contributed by atoms with Gasteiger partial charge in [0.1, 0.15) is 11.6 Å². The number of hydrogen-bond acceptors (Lipinski definition) is 8. The molecular weight excluding hydrogens is 546 g/mol. The van der Waals surface area contributed by atoms with Crippen LogP contribution in [0.25, 0.3) is 0 Å². The number of H-pyrrole nitrogens is 2. The van der Waals surface area contributed by atoms with Gasteiger partial charge in [-0.1, -0.05) is 12.1 Å². The van der Waals surface area contributed by atoms with Gasteiger partial charge < -0.3 is 14.7 Å². The highest BCUT2D eigenvalue weighted by molar-refractivity contribution is 7.10. The molecule has 222 valence electrons. The van der Waals surface area contributed by atoms with Crippen molar-refractivity contribution in [3.63, 3.8) is 0 Å². The number of aromatic nitrogens is 4. The zero-order valence-corrected chi connectivity index (χ0v) is 25.5. The molecule has 0 radical (unpaired) electrons. The highest BCUT2D eigenvalue weighted by Crippen LogP contribution is 2.41. The Balaban J connectivity index is 1.10. The van der Waals surface area contributed by atoms with Crippen molar-refractivity contribution in [3.05, 3.63) is 93.2 Å². The van der Waals surface area contributed by atoms with Crippen LogP contribution < -0.4 is 0 Å². The lowest BCUT2D eigenvalue weighted by Gasteiger charge is -2.39. The molecule has 0 aliphatic carbocycles. The number of rotatable bonds is 11. The number of hydrogen-bond donors (Lipinski definition) is 2. The van der Waals surface area contributed by atoms with E-state index in [1.807, 2.05) is 29.8 Å². The number of esters is 1. The van der Waals surface area contributed by atoms with Crippen molar-refractivity contribution in [3.8, 4) is 0 Å². The Morgan fingerprint density at radius 3 is 2.26 bits per heavy atom. The maximum atomic E-state index is 13.0. The third kappa shape index (κ3) is 6.83. The molecule has 1 spiro atoms. The Labute approximate surface area is 251 Å². The molecule has 9 nitrogen and oxygen atoms in total. The quantitative estimate of drug-likeness (QED) is 0.239. The lowest BCUT2D eigenvalue weighted by atomic mass is 9.78. The standard InChI is InChI=1S/C32H41N7O2S/c1-24-5-16-42-28(24)20-37-13-6-32(7-14-37)8-15-38(23-32)19-26-4-3-25(17-27(26)31(40)41-2)18-39(21-29-33-9-10-34-29)22-30-35-11-12-36-30/h3-5,9-12,16-17H,6-8,13-15,18-23H2,1-2H3,(H,33,34)(H,35,36). The van der Waals surface area contributed by atoms with Crippen LogP contribution in [0.5, 0.6) is 0 Å². The maximum Gasteiger partial charge on any atom is 0.338 e. The van der Waals surface area contributed by atoms with E-state index in [4.69, 9.17) is 4.74 Å². The van der Waals surface area contributed by atoms with Crippen molar-refractivity contribution in [2.75, 3.05) is 33.3 Å². The van der Waals surface area contributed by atoms with Crippen molar-refractivity contribution in [1.29, 1.82) is 0 Å². The molecule has 0 unspecified atom stereocenters. The first-order valence-electron chi connectivity index (χ1n) is 14.9. The summed E-state index contributed by atoms with van der Waals surface area (Å²) in [4.78, 5) is 37.1. The number of imidazole rings is 2. The van der Waals surface area contributed by atoms with Crippen LogP contribution >= 0.6 is 11.3 Å². The zero-order valence-electron chi connectivity index (χ0n) is 24.6. The molecule has 2 fully saturated rings. The third-order valence-corrected chi connectivity index (χ3v) is 10.0. The minimum Gasteiger partial charge on any atom is -0.465 e. The molecule has 0 bridgehead atoms. The number of nitrogens with zero attached hydrogens (tertiary/aromatic N) is 5. The first-order chi connectivity index (χ1) is 20.5. The van der Waals surface area contributed by atoms with E-state index >= 15 is 0 Å². The highest BCUT2D eigenvalue weighted by atomic mass is 32.1. The summed E-state index contributed by atoms with van der Waals surface area (Å²) in [6.45, 7) is 10.5. The van der Waals surface area contributed by atoms with Gasteiger partial charge in [-0.3, -0.25) is 14.7 Å². The summed E-state index contributed by atoms with van der Waals surface area (Å²) >= 11 is 1.88. The van der Waals surface area contributed by atoms with Gasteiger partial charge in [0.05, 0.1) is 25.8 Å². The summed E-state index contributed by atoms with van der Waals surface area (Å²) < 4.78 is 5.24. The molecular formula is C32H41N7O2S. The predicted molar refractivity (Wildman–Crippen MR) is 164 cm³/mol. The molecule has 5 heterocycles. The Bertz CT molecular complexity index is 1410. The molecule has 2 saturated heterocycles. The number of benzene rings is 1. The Morgan fingerprint density at radius 2 is 1.67 bits per heavy atom. The van der Waals surface area contributed by atoms with E-state index in [1.165, 1.54) is 49.9 Å². The topological polar surface area (TPSA) is 93.4 Å². The monoisotopic (exact) mass is 587 g/mol. The number of nitrogens with one attached hydrogen (secondary N) is 2. The predicted octanol–water partition coefficient (Wildman–Crippen LogP) is 4.98. The molecule has 10 heteroatoms. The fraction of sp³-hybridized carbons (Fsp3) is 0.469. The molecule has 1 aromatic carbocycles. The lowest BCUT2D eigenvalue weighted by Crippen LogP contribution is -2.41. The average Bonchev–Trinajstić information content (AvgIpc) is 3.82. The highest BCUT2D eigenvalue weighted by Gasteiger charge is 2.40. The molecule has 0 atom stereocenters. The van der Waals surface area contributed by atoms with Crippen LogP contribution in [0.3, 0.4) is 0 Å². The molecule has 6 rings (SSSR count). The van der Waals surface area contributed by atoms with Crippen molar-refractivity contribution < 1.29 is 9.53 Å². The number of thiophene rings is 1. The fourth-order valence-electron chi connectivity index (χ4n) is 6.54. The SMILES string of the molecule is COC(=O)c1cc(CN(Cc2ncc[nH]2)Cc2ncc[nH]2)ccc1CN1CCC2(CCN(Cc3sccc3C)CC2)C1. The Morgan fingerprint density at radius 1 is 0.976 bits per heavy atom. The largest absolute Gasteiger partial charge is 0.465 e. The van der Waals surface area contributed by atoms with E-state index in [9.17, 15) is 4.79 Å². The van der Waals surface area contributed by atoms with E-state index in [0.29, 0.717) is 30.6 Å². The average molecular weight is 588 g/mol.